The van der Waals surface area contributed by atoms with Crippen LogP contribution in [0, 0.1) is 0 Å². The van der Waals surface area contributed by atoms with E-state index in [0.29, 0.717) is 5.82 Å². The van der Waals surface area contributed by atoms with Crippen LogP contribution in [-0.2, 0) is 5.41 Å². The molecule has 0 saturated heterocycles. The van der Waals surface area contributed by atoms with Crippen molar-refractivity contribution in [1.82, 2.24) is 14.5 Å². The van der Waals surface area contributed by atoms with Crippen LogP contribution in [0.4, 0.5) is 0 Å². The molecule has 0 radical (unpaired) electrons. The minimum Gasteiger partial charge on any atom is -0.309 e. The third-order valence-electron chi connectivity index (χ3n) is 16.4. The molecule has 2 heterocycles. The lowest BCUT2D eigenvalue weighted by atomic mass is 9.64. The highest BCUT2D eigenvalue weighted by Gasteiger charge is 2.37. The Morgan fingerprint density at radius 2 is 0.658 bits per heavy atom. The maximum atomic E-state index is 5.45. The molecule has 3 heteroatoms. The summed E-state index contributed by atoms with van der Waals surface area (Å²) in [6.45, 7) is 0. The number of hydrogen-bond donors (Lipinski definition) is 0. The van der Waals surface area contributed by atoms with Crippen molar-refractivity contribution in [3.63, 3.8) is 0 Å². The van der Waals surface area contributed by atoms with Gasteiger partial charge in [0.25, 0.3) is 0 Å². The number of para-hydroxylation sites is 2. The first-order chi connectivity index (χ1) is 39.1. The fourth-order valence-electron chi connectivity index (χ4n) is 12.5. The van der Waals surface area contributed by atoms with Crippen LogP contribution in [0.5, 0.6) is 0 Å². The first kappa shape index (κ1) is 47.7. The lowest BCUT2D eigenvalue weighted by molar-refractivity contribution is 0.346. The van der Waals surface area contributed by atoms with E-state index in [9.17, 15) is 0 Å². The highest BCUT2D eigenvalue weighted by Crippen LogP contribution is 2.48. The van der Waals surface area contributed by atoms with Crippen LogP contribution in [-0.4, -0.2) is 14.5 Å². The summed E-state index contributed by atoms with van der Waals surface area (Å²) in [6.07, 6.45) is 5.76. The molecule has 3 nitrogen and oxygen atoms in total. The maximum Gasteiger partial charge on any atom is 0.160 e. The van der Waals surface area contributed by atoms with Gasteiger partial charge in [-0.3, -0.25) is 0 Å². The Kier molecular flexibility index (Phi) is 12.5. The van der Waals surface area contributed by atoms with E-state index in [1.54, 1.807) is 0 Å². The second kappa shape index (κ2) is 20.7. The standard InChI is InChI=1S/C76H57N3/c1-6-23-53(24-7-1)61-44-62(54-25-8-2-9-26-54)47-65(46-61)75-77-71(56-29-12-4-13-30-56)52-72(78-75)60-34-20-31-57(43-60)58-32-21-35-66(48-58)76(41-18-5-19-42-76)67-49-63(55-27-10-3-11-28-55)45-64(50-67)59-33-22-36-68(51-59)79-73-39-16-14-37-69(73)70-38-15-17-40-74(70)79/h1-4,6-17,20-40,43-52H,5,18-19,41-42H2. The molecule has 0 unspecified atom stereocenters. The Bertz CT molecular complexity index is 4210. The normalized spacial score (nSPS) is 13.2. The van der Waals surface area contributed by atoms with Crippen molar-refractivity contribution in [2.24, 2.45) is 0 Å². The van der Waals surface area contributed by atoms with Gasteiger partial charge >= 0.3 is 0 Å². The molecule has 0 atom stereocenters. The average molecular weight is 1010 g/mol. The minimum atomic E-state index is -0.186. The van der Waals surface area contributed by atoms with Crippen molar-refractivity contribution in [2.75, 3.05) is 0 Å². The van der Waals surface area contributed by atoms with Gasteiger partial charge in [0.15, 0.2) is 5.82 Å². The summed E-state index contributed by atoms with van der Waals surface area (Å²) < 4.78 is 2.43. The van der Waals surface area contributed by atoms with Gasteiger partial charge in [-0.1, -0.05) is 244 Å². The second-order valence-corrected chi connectivity index (χ2v) is 21.2. The summed E-state index contributed by atoms with van der Waals surface area (Å²) in [5, 5.41) is 2.54. The number of benzene rings is 11. The van der Waals surface area contributed by atoms with E-state index in [0.717, 1.165) is 74.4 Å². The van der Waals surface area contributed by atoms with Crippen LogP contribution in [0.3, 0.4) is 0 Å². The first-order valence-electron chi connectivity index (χ1n) is 27.8. The van der Waals surface area contributed by atoms with E-state index >= 15 is 0 Å². The van der Waals surface area contributed by atoms with Gasteiger partial charge in [0.2, 0.25) is 0 Å². The largest absolute Gasteiger partial charge is 0.309 e. The van der Waals surface area contributed by atoms with Gasteiger partial charge in [0, 0.05) is 38.6 Å². The van der Waals surface area contributed by atoms with Gasteiger partial charge in [0.05, 0.1) is 22.4 Å². The Hall–Kier alpha value is -9.70. The van der Waals surface area contributed by atoms with E-state index in [2.05, 4.69) is 290 Å². The van der Waals surface area contributed by atoms with Crippen molar-refractivity contribution < 1.29 is 0 Å². The van der Waals surface area contributed by atoms with Gasteiger partial charge < -0.3 is 4.57 Å². The van der Waals surface area contributed by atoms with E-state index < -0.39 is 0 Å². The molecule has 1 fully saturated rings. The summed E-state index contributed by atoms with van der Waals surface area (Å²) in [6, 6.07) is 104. The third-order valence-corrected chi connectivity index (χ3v) is 16.4. The predicted molar refractivity (Wildman–Crippen MR) is 330 cm³/mol. The predicted octanol–water partition coefficient (Wildman–Crippen LogP) is 20.2. The van der Waals surface area contributed by atoms with Crippen molar-refractivity contribution >= 4 is 21.8 Å². The summed E-state index contributed by atoms with van der Waals surface area (Å²) >= 11 is 0. The number of aromatic nitrogens is 3. The summed E-state index contributed by atoms with van der Waals surface area (Å²) in [7, 11) is 0. The molecule has 0 N–H and O–H groups in total. The molecule has 14 rings (SSSR count). The molecule has 1 saturated carbocycles. The Labute approximate surface area is 462 Å². The lowest BCUT2D eigenvalue weighted by Gasteiger charge is -2.39. The zero-order valence-corrected chi connectivity index (χ0v) is 44.0. The molecule has 376 valence electrons. The molecule has 0 aliphatic heterocycles. The molecule has 13 aromatic rings. The van der Waals surface area contributed by atoms with Crippen molar-refractivity contribution in [1.29, 1.82) is 0 Å². The van der Waals surface area contributed by atoms with Crippen molar-refractivity contribution in [3.05, 3.63) is 296 Å². The monoisotopic (exact) mass is 1010 g/mol. The molecule has 79 heavy (non-hydrogen) atoms. The van der Waals surface area contributed by atoms with Gasteiger partial charge in [-0.15, -0.1) is 0 Å². The Morgan fingerprint density at radius 3 is 1.24 bits per heavy atom. The molecule has 0 spiro atoms. The van der Waals surface area contributed by atoms with Crippen LogP contribution >= 0.6 is 0 Å². The minimum absolute atomic E-state index is 0.186. The molecule has 1 aliphatic carbocycles. The number of nitrogens with zero attached hydrogens (tertiary/aromatic N) is 3. The van der Waals surface area contributed by atoms with Crippen LogP contribution in [0.25, 0.3) is 117 Å². The van der Waals surface area contributed by atoms with Crippen LogP contribution in [0.15, 0.2) is 285 Å². The van der Waals surface area contributed by atoms with E-state index in [4.69, 9.17) is 9.97 Å². The zero-order chi connectivity index (χ0) is 52.5. The lowest BCUT2D eigenvalue weighted by Crippen LogP contribution is -2.30. The summed E-state index contributed by atoms with van der Waals surface area (Å²) in [5.74, 6) is 0.688. The number of hydrogen-bond acceptors (Lipinski definition) is 2. The number of fused-ring (bicyclic) bond motifs is 3. The summed E-state index contributed by atoms with van der Waals surface area (Å²) in [4.78, 5) is 10.8. The third kappa shape index (κ3) is 9.24. The van der Waals surface area contributed by atoms with Gasteiger partial charge in [-0.05, 0) is 140 Å². The van der Waals surface area contributed by atoms with E-state index in [-0.39, 0.29) is 5.41 Å². The molecule has 0 bridgehead atoms. The quantitative estimate of drug-likeness (QED) is 0.129. The van der Waals surface area contributed by atoms with Crippen molar-refractivity contribution in [2.45, 2.75) is 37.5 Å². The molecular weight excluding hydrogens is 955 g/mol. The van der Waals surface area contributed by atoms with Crippen LogP contribution < -0.4 is 0 Å². The van der Waals surface area contributed by atoms with Gasteiger partial charge in [0.1, 0.15) is 0 Å². The maximum absolute atomic E-state index is 5.45. The molecule has 11 aromatic carbocycles. The van der Waals surface area contributed by atoms with Crippen LogP contribution in [0.1, 0.15) is 43.2 Å². The summed E-state index contributed by atoms with van der Waals surface area (Å²) in [5.41, 5.74) is 22.8. The average Bonchev–Trinajstić information content (AvgIpc) is 3.89. The smallest absolute Gasteiger partial charge is 0.160 e. The van der Waals surface area contributed by atoms with Gasteiger partial charge in [-0.25, -0.2) is 9.97 Å². The topological polar surface area (TPSA) is 30.7 Å². The molecule has 2 aromatic heterocycles. The molecular formula is C76H57N3. The van der Waals surface area contributed by atoms with Crippen LogP contribution in [0.2, 0.25) is 0 Å². The fraction of sp³-hybridized carbons (Fsp3) is 0.0789. The molecule has 0 amide bonds. The zero-order valence-electron chi connectivity index (χ0n) is 44.0. The highest BCUT2D eigenvalue weighted by molar-refractivity contribution is 6.09. The Balaban J connectivity index is 0.875. The SMILES string of the molecule is c1ccc(-c2cc(-c3ccccc3)cc(-c3nc(-c4ccccc4)cc(-c4cccc(-c5cccc(C6(c7cc(-c8ccccc8)cc(-c8cccc(-n9c%10ccccc%10c%10ccccc%109)c8)c7)CCCCC6)c5)c4)n3)c2)cc1. The van der Waals surface area contributed by atoms with E-state index in [1.807, 2.05) is 0 Å². The first-order valence-corrected chi connectivity index (χ1v) is 27.8. The second-order valence-electron chi connectivity index (χ2n) is 21.2. The fourth-order valence-corrected chi connectivity index (χ4v) is 12.5. The molecule has 1 aliphatic rings. The van der Waals surface area contributed by atoms with E-state index in [1.165, 1.54) is 80.0 Å². The number of rotatable bonds is 11. The highest BCUT2D eigenvalue weighted by atomic mass is 15.0. The Morgan fingerprint density at radius 1 is 0.266 bits per heavy atom. The van der Waals surface area contributed by atoms with Crippen molar-refractivity contribution in [3.8, 4) is 95.2 Å². The van der Waals surface area contributed by atoms with Gasteiger partial charge in [-0.2, -0.15) is 0 Å².